The van der Waals surface area contributed by atoms with E-state index in [2.05, 4.69) is 19.7 Å². The summed E-state index contributed by atoms with van der Waals surface area (Å²) in [6, 6.07) is 0. The van der Waals surface area contributed by atoms with Crippen LogP contribution in [0.1, 0.15) is 34.1 Å². The summed E-state index contributed by atoms with van der Waals surface area (Å²) in [6.07, 6.45) is 0.426. The minimum absolute atomic E-state index is 0.426. The summed E-state index contributed by atoms with van der Waals surface area (Å²) >= 11 is 0. The van der Waals surface area contributed by atoms with Crippen molar-refractivity contribution in [2.75, 3.05) is 0 Å². The molecule has 0 saturated heterocycles. The summed E-state index contributed by atoms with van der Waals surface area (Å²) in [6.45, 7) is 30.3. The molecule has 0 heterocycles. The van der Waals surface area contributed by atoms with E-state index < -0.39 is 31.7 Å². The molecular formula is C18H38O6Si3. The van der Waals surface area contributed by atoms with Crippen LogP contribution in [0.3, 0.4) is 0 Å². The molecule has 0 saturated carbocycles. The lowest BCUT2D eigenvalue weighted by atomic mass is 10.4. The van der Waals surface area contributed by atoms with Crippen LogP contribution in [-0.4, -0.2) is 31.7 Å². The average Bonchev–Trinajstić information content (AvgIpc) is 2.30. The largest absolute Gasteiger partial charge is 0.525 e. The van der Waals surface area contributed by atoms with Crippen molar-refractivity contribution in [1.29, 1.82) is 0 Å². The van der Waals surface area contributed by atoms with E-state index in [0.29, 0.717) is 23.7 Å². The van der Waals surface area contributed by atoms with Crippen LogP contribution in [-0.2, 0) is 26.6 Å². The summed E-state index contributed by atoms with van der Waals surface area (Å²) < 4.78 is 36.7. The molecule has 0 radical (unpaired) electrons. The second-order valence-electron chi connectivity index (χ2n) is 7.95. The Morgan fingerprint density at radius 2 is 0.852 bits per heavy atom. The van der Waals surface area contributed by atoms with Crippen LogP contribution in [0.25, 0.3) is 0 Å². The first-order chi connectivity index (χ1) is 11.9. The average molecular weight is 435 g/mol. The summed E-state index contributed by atoms with van der Waals surface area (Å²) in [5.41, 5.74) is 0. The minimum atomic E-state index is -2.66. The Morgan fingerprint density at radius 3 is 1.00 bits per heavy atom. The van der Waals surface area contributed by atoms with Gasteiger partial charge < -0.3 is 26.6 Å². The van der Waals surface area contributed by atoms with Crippen LogP contribution >= 0.6 is 0 Å². The highest BCUT2D eigenvalue weighted by Crippen LogP contribution is 2.34. The molecule has 0 aromatic heterocycles. The number of allylic oxidation sites excluding steroid dienone is 3. The lowest BCUT2D eigenvalue weighted by Crippen LogP contribution is -2.59. The van der Waals surface area contributed by atoms with Crippen molar-refractivity contribution in [3.05, 3.63) is 37.0 Å². The Kier molecular flexibility index (Phi) is 9.27. The fraction of sp³-hybridized carbons (Fsp3) is 0.667. The van der Waals surface area contributed by atoms with Gasteiger partial charge in [-0.05, 0) is 60.1 Å². The molecule has 9 heteroatoms. The van der Waals surface area contributed by atoms with Gasteiger partial charge in [0.15, 0.2) is 0 Å². The quantitative estimate of drug-likeness (QED) is 0.206. The Balaban J connectivity index is 5.90. The molecule has 0 atom stereocenters. The van der Waals surface area contributed by atoms with Crippen LogP contribution in [0.4, 0.5) is 0 Å². The zero-order chi connectivity index (χ0) is 21.7. The zero-order valence-corrected chi connectivity index (χ0v) is 21.8. The Labute approximate surface area is 168 Å². The van der Waals surface area contributed by atoms with Crippen LogP contribution in [0.2, 0.25) is 39.3 Å². The Bertz CT molecular complexity index is 483. The topological polar surface area (TPSA) is 55.4 Å². The van der Waals surface area contributed by atoms with Crippen molar-refractivity contribution in [3.8, 4) is 0 Å². The highest BCUT2D eigenvalue weighted by Gasteiger charge is 2.51. The van der Waals surface area contributed by atoms with E-state index in [9.17, 15) is 0 Å². The van der Waals surface area contributed by atoms with E-state index in [1.165, 1.54) is 0 Å². The van der Waals surface area contributed by atoms with Crippen molar-refractivity contribution in [2.45, 2.75) is 79.4 Å². The molecule has 0 aromatic carbocycles. The van der Waals surface area contributed by atoms with Gasteiger partial charge in [0.1, 0.15) is 0 Å². The fourth-order valence-corrected chi connectivity index (χ4v) is 8.55. The van der Waals surface area contributed by atoms with Crippen molar-refractivity contribution in [2.24, 2.45) is 0 Å². The van der Waals surface area contributed by atoms with Crippen molar-refractivity contribution in [1.82, 2.24) is 0 Å². The predicted molar refractivity (Wildman–Crippen MR) is 116 cm³/mol. The molecule has 27 heavy (non-hydrogen) atoms. The van der Waals surface area contributed by atoms with Gasteiger partial charge in [0.25, 0.3) is 5.97 Å². The standard InChI is InChI=1S/C18H38O6Si3/c1-14-18(22-25(8,9)19-15(2)3,23-26(10,11)20-16(4)5)24-27(12,13)21-17(6)7/h2,4,6,14H2,1,3,5,7-13H3. The molecule has 0 aliphatic heterocycles. The Hall–Kier alpha value is -0.849. The van der Waals surface area contributed by atoms with Gasteiger partial charge in [-0.25, -0.2) is 0 Å². The van der Waals surface area contributed by atoms with Gasteiger partial charge in [-0.3, -0.25) is 0 Å². The number of rotatable bonds is 13. The second kappa shape index (κ2) is 9.57. The molecule has 0 bridgehead atoms. The molecule has 0 aliphatic carbocycles. The summed E-state index contributed by atoms with van der Waals surface area (Å²) in [5.74, 6) is 0.393. The third kappa shape index (κ3) is 10.9. The van der Waals surface area contributed by atoms with E-state index in [4.69, 9.17) is 26.6 Å². The molecule has 0 spiro atoms. The molecule has 0 aromatic rings. The third-order valence-corrected chi connectivity index (χ3v) is 7.82. The first-order valence-corrected chi connectivity index (χ1v) is 17.5. The Morgan fingerprint density at radius 1 is 0.630 bits per heavy atom. The molecule has 0 rings (SSSR count). The molecule has 0 unspecified atom stereocenters. The molecule has 0 aliphatic rings. The van der Waals surface area contributed by atoms with Gasteiger partial charge >= 0.3 is 25.7 Å². The lowest BCUT2D eigenvalue weighted by molar-refractivity contribution is -0.287. The molecule has 0 amide bonds. The van der Waals surface area contributed by atoms with Crippen molar-refractivity contribution >= 4 is 25.7 Å². The minimum Gasteiger partial charge on any atom is -0.525 e. The van der Waals surface area contributed by atoms with Gasteiger partial charge in [0.2, 0.25) is 0 Å². The molecule has 6 nitrogen and oxygen atoms in total. The van der Waals surface area contributed by atoms with Gasteiger partial charge in [-0.15, -0.1) is 0 Å². The van der Waals surface area contributed by atoms with Crippen LogP contribution in [0.5, 0.6) is 0 Å². The molecule has 0 N–H and O–H groups in total. The maximum Gasteiger partial charge on any atom is 0.395 e. The number of hydrogen-bond acceptors (Lipinski definition) is 6. The van der Waals surface area contributed by atoms with Gasteiger partial charge in [0.05, 0.1) is 17.3 Å². The van der Waals surface area contributed by atoms with Gasteiger partial charge in [0, 0.05) is 6.42 Å². The fourth-order valence-electron chi connectivity index (χ4n) is 2.72. The summed E-state index contributed by atoms with van der Waals surface area (Å²) in [7, 11) is -7.99. The maximum absolute atomic E-state index is 6.38. The maximum atomic E-state index is 6.38. The van der Waals surface area contributed by atoms with Gasteiger partial charge in [-0.2, -0.15) is 0 Å². The smallest absolute Gasteiger partial charge is 0.395 e. The van der Waals surface area contributed by atoms with E-state index >= 15 is 0 Å². The van der Waals surface area contributed by atoms with Crippen LogP contribution in [0, 0.1) is 0 Å². The lowest BCUT2D eigenvalue weighted by Gasteiger charge is -2.45. The van der Waals surface area contributed by atoms with E-state index in [1.54, 1.807) is 20.8 Å². The highest BCUT2D eigenvalue weighted by molar-refractivity contribution is 6.67. The number of hydrogen-bond donors (Lipinski definition) is 0. The first-order valence-electron chi connectivity index (χ1n) is 9.07. The monoisotopic (exact) mass is 434 g/mol. The van der Waals surface area contributed by atoms with Crippen molar-refractivity contribution in [3.63, 3.8) is 0 Å². The van der Waals surface area contributed by atoms with E-state index in [0.717, 1.165) is 0 Å². The van der Waals surface area contributed by atoms with E-state index in [1.807, 2.05) is 46.2 Å². The normalized spacial score (nSPS) is 13.1. The first kappa shape index (κ1) is 26.2. The van der Waals surface area contributed by atoms with Crippen LogP contribution in [0.15, 0.2) is 37.0 Å². The molecule has 0 fully saturated rings. The van der Waals surface area contributed by atoms with Gasteiger partial charge in [-0.1, -0.05) is 26.7 Å². The predicted octanol–water partition coefficient (Wildman–Crippen LogP) is 5.86. The van der Waals surface area contributed by atoms with E-state index in [-0.39, 0.29) is 0 Å². The molecular weight excluding hydrogens is 396 g/mol. The molecule has 158 valence electrons. The van der Waals surface area contributed by atoms with Crippen molar-refractivity contribution < 1.29 is 26.6 Å². The van der Waals surface area contributed by atoms with Crippen LogP contribution < -0.4 is 0 Å². The highest BCUT2D eigenvalue weighted by atomic mass is 28.4. The summed E-state index contributed by atoms with van der Waals surface area (Å²) in [4.78, 5) is 0. The third-order valence-electron chi connectivity index (χ3n) is 2.90. The summed E-state index contributed by atoms with van der Waals surface area (Å²) in [5, 5.41) is 0. The SMILES string of the molecule is C=C(C)O[Si](C)(C)OC(CC)(O[Si](C)(C)OC(=C)C)O[Si](C)(C)OC(=C)C. The zero-order valence-electron chi connectivity index (χ0n) is 18.8. The second-order valence-corrected chi connectivity index (χ2v) is 17.6.